The summed E-state index contributed by atoms with van der Waals surface area (Å²) in [7, 11) is 0. The summed E-state index contributed by atoms with van der Waals surface area (Å²) in [5, 5.41) is 0. The molecule has 22 heavy (non-hydrogen) atoms. The maximum Gasteiger partial charge on any atom is -0.0389 e. The Hall–Kier alpha value is 0. The van der Waals surface area contributed by atoms with Crippen LogP contribution in [0, 0.1) is 11.8 Å². The molecule has 0 aliphatic heterocycles. The smallest absolute Gasteiger partial charge is 0.0389 e. The Morgan fingerprint density at radius 3 is 1.41 bits per heavy atom. The van der Waals surface area contributed by atoms with Crippen molar-refractivity contribution >= 4 is 0 Å². The quantitative estimate of drug-likeness (QED) is 0.236. The SMILES string of the molecule is CCCCCCCCC(C)C(CCC)CCCCCCCC. The van der Waals surface area contributed by atoms with E-state index < -0.39 is 0 Å². The summed E-state index contributed by atoms with van der Waals surface area (Å²) >= 11 is 0. The fourth-order valence-electron chi connectivity index (χ4n) is 3.75. The lowest BCUT2D eigenvalue weighted by Gasteiger charge is -2.24. The molecular weight excluding hydrogens is 264 g/mol. The van der Waals surface area contributed by atoms with E-state index in [2.05, 4.69) is 27.7 Å². The summed E-state index contributed by atoms with van der Waals surface area (Å²) in [6, 6.07) is 0. The van der Waals surface area contributed by atoms with Gasteiger partial charge in [0.15, 0.2) is 0 Å². The number of unbranched alkanes of at least 4 members (excludes halogenated alkanes) is 10. The second kappa shape index (κ2) is 17.4. The zero-order valence-electron chi connectivity index (χ0n) is 16.5. The average molecular weight is 311 g/mol. The van der Waals surface area contributed by atoms with Gasteiger partial charge in [-0.25, -0.2) is 0 Å². The first-order valence-corrected chi connectivity index (χ1v) is 10.8. The highest BCUT2D eigenvalue weighted by atomic mass is 14.2. The van der Waals surface area contributed by atoms with Crippen molar-refractivity contribution in [3.8, 4) is 0 Å². The largest absolute Gasteiger partial charge is 0.0654 e. The fourth-order valence-corrected chi connectivity index (χ4v) is 3.75. The van der Waals surface area contributed by atoms with Crippen LogP contribution in [0.15, 0.2) is 0 Å². The van der Waals surface area contributed by atoms with E-state index in [4.69, 9.17) is 0 Å². The lowest BCUT2D eigenvalue weighted by atomic mass is 9.82. The van der Waals surface area contributed by atoms with Gasteiger partial charge in [-0.05, 0) is 11.8 Å². The molecule has 0 radical (unpaired) electrons. The third kappa shape index (κ3) is 13.6. The van der Waals surface area contributed by atoms with Crippen molar-refractivity contribution in [2.45, 2.75) is 130 Å². The first-order valence-electron chi connectivity index (χ1n) is 10.8. The van der Waals surface area contributed by atoms with Crippen LogP contribution in [0.3, 0.4) is 0 Å². The summed E-state index contributed by atoms with van der Waals surface area (Å²) in [6.45, 7) is 9.51. The predicted molar refractivity (Wildman–Crippen MR) is 104 cm³/mol. The van der Waals surface area contributed by atoms with E-state index in [9.17, 15) is 0 Å². The first kappa shape index (κ1) is 22.0. The van der Waals surface area contributed by atoms with Gasteiger partial charge >= 0.3 is 0 Å². The van der Waals surface area contributed by atoms with Crippen molar-refractivity contribution in [2.75, 3.05) is 0 Å². The third-order valence-electron chi connectivity index (χ3n) is 5.41. The van der Waals surface area contributed by atoms with Crippen molar-refractivity contribution in [3.63, 3.8) is 0 Å². The molecule has 0 heteroatoms. The van der Waals surface area contributed by atoms with Crippen LogP contribution >= 0.6 is 0 Å². The van der Waals surface area contributed by atoms with Crippen LogP contribution < -0.4 is 0 Å². The molecule has 0 aliphatic rings. The van der Waals surface area contributed by atoms with Crippen molar-refractivity contribution in [1.29, 1.82) is 0 Å². The van der Waals surface area contributed by atoms with Gasteiger partial charge < -0.3 is 0 Å². The minimum absolute atomic E-state index is 0.960. The van der Waals surface area contributed by atoms with Crippen LogP contribution in [0.4, 0.5) is 0 Å². The normalized spacial score (nSPS) is 14.2. The highest BCUT2D eigenvalue weighted by Gasteiger charge is 2.15. The fraction of sp³-hybridized carbons (Fsp3) is 1.00. The first-order chi connectivity index (χ1) is 10.8. The molecule has 0 bridgehead atoms. The summed E-state index contributed by atoms with van der Waals surface area (Å²) in [4.78, 5) is 0. The molecule has 0 saturated carbocycles. The molecule has 0 heterocycles. The lowest BCUT2D eigenvalue weighted by molar-refractivity contribution is 0.280. The maximum atomic E-state index is 2.53. The van der Waals surface area contributed by atoms with Crippen molar-refractivity contribution in [3.05, 3.63) is 0 Å². The summed E-state index contributed by atoms with van der Waals surface area (Å²) < 4.78 is 0. The second-order valence-electron chi connectivity index (χ2n) is 7.64. The van der Waals surface area contributed by atoms with Crippen LogP contribution in [0.2, 0.25) is 0 Å². The Bertz CT molecular complexity index is 196. The zero-order valence-corrected chi connectivity index (χ0v) is 16.5. The van der Waals surface area contributed by atoms with E-state index in [1.807, 2.05) is 0 Å². The highest BCUT2D eigenvalue weighted by Crippen LogP contribution is 2.28. The van der Waals surface area contributed by atoms with E-state index >= 15 is 0 Å². The maximum absolute atomic E-state index is 2.53. The van der Waals surface area contributed by atoms with Crippen molar-refractivity contribution in [2.24, 2.45) is 11.8 Å². The van der Waals surface area contributed by atoms with Crippen LogP contribution in [-0.2, 0) is 0 Å². The molecule has 0 rings (SSSR count). The third-order valence-corrected chi connectivity index (χ3v) is 5.41. The minimum atomic E-state index is 0.960. The van der Waals surface area contributed by atoms with Gasteiger partial charge in [0.25, 0.3) is 0 Å². The topological polar surface area (TPSA) is 0 Å². The lowest BCUT2D eigenvalue weighted by Crippen LogP contribution is -2.12. The van der Waals surface area contributed by atoms with Crippen molar-refractivity contribution < 1.29 is 0 Å². The molecule has 134 valence electrons. The molecule has 0 nitrogen and oxygen atoms in total. The monoisotopic (exact) mass is 310 g/mol. The standard InChI is InChI=1S/C22H46/c1-5-8-10-12-14-16-19-21(4)22(18-7-3)20-17-15-13-11-9-6-2/h21-22H,5-20H2,1-4H3. The van der Waals surface area contributed by atoms with E-state index in [1.165, 1.54) is 103 Å². The highest BCUT2D eigenvalue weighted by molar-refractivity contribution is 4.67. The molecule has 2 atom stereocenters. The molecule has 0 aromatic heterocycles. The summed E-state index contributed by atoms with van der Waals surface area (Å²) in [5.41, 5.74) is 0. The van der Waals surface area contributed by atoms with E-state index in [0.717, 1.165) is 11.8 Å². The Morgan fingerprint density at radius 1 is 0.455 bits per heavy atom. The molecule has 0 spiro atoms. The van der Waals surface area contributed by atoms with Crippen LogP contribution in [0.25, 0.3) is 0 Å². The van der Waals surface area contributed by atoms with Gasteiger partial charge in [0.2, 0.25) is 0 Å². The van der Waals surface area contributed by atoms with Gasteiger partial charge in [0.1, 0.15) is 0 Å². The molecule has 0 N–H and O–H groups in total. The van der Waals surface area contributed by atoms with Gasteiger partial charge in [-0.3, -0.25) is 0 Å². The molecule has 0 aliphatic carbocycles. The molecule has 0 amide bonds. The minimum Gasteiger partial charge on any atom is -0.0654 e. The molecule has 2 unspecified atom stereocenters. The Balaban J connectivity index is 3.70. The Morgan fingerprint density at radius 2 is 0.909 bits per heavy atom. The molecule has 0 saturated heterocycles. The van der Waals surface area contributed by atoms with Gasteiger partial charge in [-0.15, -0.1) is 0 Å². The van der Waals surface area contributed by atoms with Gasteiger partial charge in [0.05, 0.1) is 0 Å². The number of hydrogen-bond acceptors (Lipinski definition) is 0. The molecule has 0 fully saturated rings. The van der Waals surface area contributed by atoms with Crippen LogP contribution in [0.5, 0.6) is 0 Å². The predicted octanol–water partition coefficient (Wildman–Crippen LogP) is 8.54. The summed E-state index contributed by atoms with van der Waals surface area (Å²) in [6.07, 6.45) is 23.2. The molecule has 0 aromatic carbocycles. The van der Waals surface area contributed by atoms with Gasteiger partial charge in [-0.2, -0.15) is 0 Å². The van der Waals surface area contributed by atoms with Crippen LogP contribution in [0.1, 0.15) is 130 Å². The number of rotatable bonds is 17. The zero-order chi connectivity index (χ0) is 16.5. The number of hydrogen-bond donors (Lipinski definition) is 0. The van der Waals surface area contributed by atoms with E-state index in [-0.39, 0.29) is 0 Å². The molecule has 0 aromatic rings. The van der Waals surface area contributed by atoms with Crippen LogP contribution in [-0.4, -0.2) is 0 Å². The van der Waals surface area contributed by atoms with Gasteiger partial charge in [0, 0.05) is 0 Å². The van der Waals surface area contributed by atoms with E-state index in [1.54, 1.807) is 0 Å². The average Bonchev–Trinajstić information content (AvgIpc) is 2.52. The van der Waals surface area contributed by atoms with Gasteiger partial charge in [-0.1, -0.05) is 130 Å². The molecular formula is C22H46. The second-order valence-corrected chi connectivity index (χ2v) is 7.64. The summed E-state index contributed by atoms with van der Waals surface area (Å²) in [5.74, 6) is 1.97. The Labute approximate surface area is 142 Å². The van der Waals surface area contributed by atoms with E-state index in [0.29, 0.717) is 0 Å². The Kier molecular flexibility index (Phi) is 17.4. The van der Waals surface area contributed by atoms with Crippen molar-refractivity contribution in [1.82, 2.24) is 0 Å².